The Bertz CT molecular complexity index is 379. The fraction of sp³-hybridized carbons (Fsp3) is 0.692. The van der Waals surface area contributed by atoms with E-state index in [0.717, 1.165) is 23.7 Å². The number of nitrogens with zero attached hydrogens (tertiary/aromatic N) is 2. The minimum atomic E-state index is -0.204. The maximum atomic E-state index is 5.65. The van der Waals surface area contributed by atoms with E-state index < -0.39 is 0 Å². The normalized spacial score (nSPS) is 11.4. The number of anilines is 2. The van der Waals surface area contributed by atoms with Gasteiger partial charge in [0.05, 0.1) is 5.60 Å². The monoisotopic (exact) mass is 252 g/mol. The van der Waals surface area contributed by atoms with Crippen LogP contribution in [0.4, 0.5) is 11.6 Å². The molecule has 1 aromatic heterocycles. The summed E-state index contributed by atoms with van der Waals surface area (Å²) in [6, 6.07) is 0. The van der Waals surface area contributed by atoms with E-state index in [1.807, 2.05) is 20.8 Å². The van der Waals surface area contributed by atoms with Crippen LogP contribution in [0.3, 0.4) is 0 Å². The first-order chi connectivity index (χ1) is 8.50. The van der Waals surface area contributed by atoms with Gasteiger partial charge in [0.1, 0.15) is 18.0 Å². The van der Waals surface area contributed by atoms with E-state index in [1.54, 1.807) is 6.33 Å². The standard InChI is InChI=1S/C13H24N4O/c1-6-14-11-10(3)12(17-9-16-11)15-8-13(4,5)18-7-2/h9H,6-8H2,1-5H3,(H2,14,15,16,17). The third-order valence-corrected chi connectivity index (χ3v) is 2.64. The van der Waals surface area contributed by atoms with Gasteiger partial charge in [0.25, 0.3) is 0 Å². The number of aromatic nitrogens is 2. The Balaban J connectivity index is 2.70. The summed E-state index contributed by atoms with van der Waals surface area (Å²) in [5.74, 6) is 1.73. The van der Waals surface area contributed by atoms with Gasteiger partial charge in [-0.15, -0.1) is 0 Å². The van der Waals surface area contributed by atoms with E-state index in [9.17, 15) is 0 Å². The predicted molar refractivity (Wildman–Crippen MR) is 75.1 cm³/mol. The predicted octanol–water partition coefficient (Wildman–Crippen LogP) is 2.44. The second kappa shape index (κ2) is 6.54. The summed E-state index contributed by atoms with van der Waals surface area (Å²) in [6.07, 6.45) is 1.57. The van der Waals surface area contributed by atoms with Crippen molar-refractivity contribution in [1.82, 2.24) is 9.97 Å². The van der Waals surface area contributed by atoms with E-state index in [0.29, 0.717) is 13.2 Å². The second-order valence-electron chi connectivity index (χ2n) is 4.77. The summed E-state index contributed by atoms with van der Waals surface area (Å²) in [6.45, 7) is 12.4. The zero-order valence-electron chi connectivity index (χ0n) is 12.0. The molecule has 0 aliphatic rings. The van der Waals surface area contributed by atoms with Crippen LogP contribution in [-0.2, 0) is 4.74 Å². The summed E-state index contributed by atoms with van der Waals surface area (Å²) >= 11 is 0. The molecular weight excluding hydrogens is 228 g/mol. The average molecular weight is 252 g/mol. The van der Waals surface area contributed by atoms with Crippen molar-refractivity contribution >= 4 is 11.6 Å². The van der Waals surface area contributed by atoms with Gasteiger partial charge in [0, 0.05) is 25.3 Å². The fourth-order valence-electron chi connectivity index (χ4n) is 1.71. The van der Waals surface area contributed by atoms with Crippen LogP contribution in [0.1, 0.15) is 33.3 Å². The Labute approximate surface area is 109 Å². The van der Waals surface area contributed by atoms with Gasteiger partial charge in [0.2, 0.25) is 0 Å². The SMILES string of the molecule is CCNc1ncnc(NCC(C)(C)OCC)c1C. The maximum absolute atomic E-state index is 5.65. The molecule has 0 atom stereocenters. The highest BCUT2D eigenvalue weighted by Crippen LogP contribution is 2.19. The van der Waals surface area contributed by atoms with Crippen LogP contribution < -0.4 is 10.6 Å². The maximum Gasteiger partial charge on any atom is 0.134 e. The summed E-state index contributed by atoms with van der Waals surface area (Å²) in [7, 11) is 0. The molecule has 102 valence electrons. The molecule has 1 heterocycles. The molecule has 2 N–H and O–H groups in total. The van der Waals surface area contributed by atoms with Crippen molar-refractivity contribution in [2.75, 3.05) is 30.3 Å². The molecule has 1 aromatic rings. The highest BCUT2D eigenvalue weighted by Gasteiger charge is 2.18. The first-order valence-electron chi connectivity index (χ1n) is 6.43. The molecule has 0 saturated carbocycles. The van der Waals surface area contributed by atoms with Crippen LogP contribution in [-0.4, -0.2) is 35.3 Å². The first kappa shape index (κ1) is 14.7. The Kier molecular flexibility index (Phi) is 5.34. The molecule has 0 saturated heterocycles. The summed E-state index contributed by atoms with van der Waals surface area (Å²) < 4.78 is 5.65. The van der Waals surface area contributed by atoms with Crippen LogP contribution in [0.2, 0.25) is 0 Å². The molecule has 0 aromatic carbocycles. The summed E-state index contributed by atoms with van der Waals surface area (Å²) in [5, 5.41) is 6.54. The summed E-state index contributed by atoms with van der Waals surface area (Å²) in [5.41, 5.74) is 0.830. The molecule has 1 rings (SSSR count). The van der Waals surface area contributed by atoms with Crippen LogP contribution >= 0.6 is 0 Å². The van der Waals surface area contributed by atoms with E-state index in [2.05, 4.69) is 34.4 Å². The topological polar surface area (TPSA) is 59.1 Å². The Morgan fingerprint density at radius 3 is 2.33 bits per heavy atom. The van der Waals surface area contributed by atoms with Crippen LogP contribution in [0.5, 0.6) is 0 Å². The number of rotatable bonds is 7. The lowest BCUT2D eigenvalue weighted by Crippen LogP contribution is -2.33. The van der Waals surface area contributed by atoms with Gasteiger partial charge < -0.3 is 15.4 Å². The summed E-state index contributed by atoms with van der Waals surface area (Å²) in [4.78, 5) is 8.48. The lowest BCUT2D eigenvalue weighted by Gasteiger charge is -2.25. The minimum Gasteiger partial charge on any atom is -0.374 e. The molecule has 18 heavy (non-hydrogen) atoms. The van der Waals surface area contributed by atoms with Gasteiger partial charge >= 0.3 is 0 Å². The van der Waals surface area contributed by atoms with Gasteiger partial charge in [-0.25, -0.2) is 9.97 Å². The van der Waals surface area contributed by atoms with Gasteiger partial charge in [-0.2, -0.15) is 0 Å². The van der Waals surface area contributed by atoms with Crippen molar-refractivity contribution in [3.05, 3.63) is 11.9 Å². The van der Waals surface area contributed by atoms with E-state index in [1.165, 1.54) is 0 Å². The second-order valence-corrected chi connectivity index (χ2v) is 4.77. The Morgan fingerprint density at radius 2 is 1.78 bits per heavy atom. The third kappa shape index (κ3) is 4.14. The quantitative estimate of drug-likeness (QED) is 0.780. The molecule has 5 heteroatoms. The van der Waals surface area contributed by atoms with E-state index in [-0.39, 0.29) is 5.60 Å². The molecule has 0 radical (unpaired) electrons. The van der Waals surface area contributed by atoms with Crippen molar-refractivity contribution in [1.29, 1.82) is 0 Å². The van der Waals surface area contributed by atoms with Crippen molar-refractivity contribution in [2.24, 2.45) is 0 Å². The lowest BCUT2D eigenvalue weighted by molar-refractivity contribution is 0.000635. The first-order valence-corrected chi connectivity index (χ1v) is 6.43. The third-order valence-electron chi connectivity index (χ3n) is 2.64. The smallest absolute Gasteiger partial charge is 0.134 e. The van der Waals surface area contributed by atoms with Gasteiger partial charge in [-0.05, 0) is 34.6 Å². The Hall–Kier alpha value is -1.36. The van der Waals surface area contributed by atoms with Crippen LogP contribution in [0.15, 0.2) is 6.33 Å². The molecular formula is C13H24N4O. The molecule has 0 aliphatic heterocycles. The highest BCUT2D eigenvalue weighted by atomic mass is 16.5. The number of hydrogen-bond acceptors (Lipinski definition) is 5. The van der Waals surface area contributed by atoms with Crippen molar-refractivity contribution in [2.45, 2.75) is 40.2 Å². The van der Waals surface area contributed by atoms with E-state index >= 15 is 0 Å². The van der Waals surface area contributed by atoms with E-state index in [4.69, 9.17) is 4.74 Å². The van der Waals surface area contributed by atoms with Crippen LogP contribution in [0.25, 0.3) is 0 Å². The fourth-order valence-corrected chi connectivity index (χ4v) is 1.71. The zero-order valence-corrected chi connectivity index (χ0v) is 12.0. The molecule has 0 bridgehead atoms. The zero-order chi connectivity index (χ0) is 13.6. The number of nitrogens with one attached hydrogen (secondary N) is 2. The Morgan fingerprint density at radius 1 is 1.17 bits per heavy atom. The average Bonchev–Trinajstić information content (AvgIpc) is 2.30. The van der Waals surface area contributed by atoms with Gasteiger partial charge in [-0.3, -0.25) is 0 Å². The number of hydrogen-bond donors (Lipinski definition) is 2. The van der Waals surface area contributed by atoms with Crippen molar-refractivity contribution in [3.8, 4) is 0 Å². The van der Waals surface area contributed by atoms with Crippen molar-refractivity contribution in [3.63, 3.8) is 0 Å². The number of ether oxygens (including phenoxy) is 1. The van der Waals surface area contributed by atoms with Crippen molar-refractivity contribution < 1.29 is 4.74 Å². The molecule has 0 fully saturated rings. The molecule has 0 aliphatic carbocycles. The molecule has 5 nitrogen and oxygen atoms in total. The van der Waals surface area contributed by atoms with Gasteiger partial charge in [-0.1, -0.05) is 0 Å². The van der Waals surface area contributed by atoms with Crippen LogP contribution in [0, 0.1) is 6.92 Å². The lowest BCUT2D eigenvalue weighted by atomic mass is 10.1. The molecule has 0 amide bonds. The minimum absolute atomic E-state index is 0.204. The molecule has 0 unspecified atom stereocenters. The molecule has 0 spiro atoms. The largest absolute Gasteiger partial charge is 0.374 e. The highest BCUT2D eigenvalue weighted by molar-refractivity contribution is 5.56. The van der Waals surface area contributed by atoms with Gasteiger partial charge in [0.15, 0.2) is 0 Å².